The van der Waals surface area contributed by atoms with E-state index in [0.29, 0.717) is 18.9 Å². The standard InChI is InChI=1S/C15H26O3/c1-4-11-8-7-9-12(10-11)14(16)13(5-2)15(17)18-6-3/h11-13H,4-10H2,1-3H3. The molecule has 0 aromatic carbocycles. The molecule has 0 radical (unpaired) electrons. The lowest BCUT2D eigenvalue weighted by molar-refractivity contribution is -0.153. The molecule has 1 aliphatic rings. The highest BCUT2D eigenvalue weighted by atomic mass is 16.5. The Morgan fingerprint density at radius 1 is 1.22 bits per heavy atom. The number of hydrogen-bond donors (Lipinski definition) is 0. The number of hydrogen-bond acceptors (Lipinski definition) is 3. The molecule has 1 aliphatic carbocycles. The minimum Gasteiger partial charge on any atom is -0.465 e. The van der Waals surface area contributed by atoms with Gasteiger partial charge in [0.15, 0.2) is 0 Å². The maximum atomic E-state index is 12.4. The number of ketones is 1. The second kappa shape index (κ2) is 7.55. The smallest absolute Gasteiger partial charge is 0.316 e. The first-order valence-corrected chi connectivity index (χ1v) is 7.34. The minimum atomic E-state index is -0.537. The van der Waals surface area contributed by atoms with Crippen molar-refractivity contribution in [3.63, 3.8) is 0 Å². The van der Waals surface area contributed by atoms with Crippen molar-refractivity contribution in [1.82, 2.24) is 0 Å². The van der Waals surface area contributed by atoms with Crippen LogP contribution < -0.4 is 0 Å². The third-order valence-electron chi connectivity index (χ3n) is 4.09. The maximum Gasteiger partial charge on any atom is 0.316 e. The third kappa shape index (κ3) is 3.82. The van der Waals surface area contributed by atoms with Crippen molar-refractivity contribution in [3.8, 4) is 0 Å². The SMILES string of the molecule is CCOC(=O)C(CC)C(=O)C1CCCC(CC)C1. The summed E-state index contributed by atoms with van der Waals surface area (Å²) in [4.78, 5) is 24.2. The van der Waals surface area contributed by atoms with Gasteiger partial charge in [0, 0.05) is 5.92 Å². The van der Waals surface area contributed by atoms with Crippen LogP contribution in [-0.2, 0) is 14.3 Å². The highest BCUT2D eigenvalue weighted by molar-refractivity contribution is 6.00. The first-order valence-electron chi connectivity index (χ1n) is 7.34. The van der Waals surface area contributed by atoms with Crippen LogP contribution in [0.1, 0.15) is 59.3 Å². The molecule has 1 rings (SSSR count). The molecule has 0 aliphatic heterocycles. The van der Waals surface area contributed by atoms with E-state index in [0.717, 1.165) is 25.7 Å². The van der Waals surface area contributed by atoms with E-state index in [-0.39, 0.29) is 17.7 Å². The quantitative estimate of drug-likeness (QED) is 0.539. The lowest BCUT2D eigenvalue weighted by Crippen LogP contribution is -2.33. The second-order valence-electron chi connectivity index (χ2n) is 5.25. The first kappa shape index (κ1) is 15.2. The summed E-state index contributed by atoms with van der Waals surface area (Å²) in [5.41, 5.74) is 0. The van der Waals surface area contributed by atoms with Gasteiger partial charge in [-0.3, -0.25) is 9.59 Å². The van der Waals surface area contributed by atoms with E-state index >= 15 is 0 Å². The van der Waals surface area contributed by atoms with Crippen molar-refractivity contribution < 1.29 is 14.3 Å². The predicted octanol–water partition coefficient (Wildman–Crippen LogP) is 3.36. The molecule has 0 saturated heterocycles. The van der Waals surface area contributed by atoms with Crippen LogP contribution in [0.15, 0.2) is 0 Å². The Kier molecular flexibility index (Phi) is 6.37. The molecule has 1 fully saturated rings. The summed E-state index contributed by atoms with van der Waals surface area (Å²) < 4.78 is 5.00. The minimum absolute atomic E-state index is 0.0815. The van der Waals surface area contributed by atoms with Gasteiger partial charge < -0.3 is 4.74 Å². The van der Waals surface area contributed by atoms with Crippen LogP contribution in [0.2, 0.25) is 0 Å². The summed E-state index contributed by atoms with van der Waals surface area (Å²) in [6.45, 7) is 6.20. The zero-order valence-electron chi connectivity index (χ0n) is 11.9. The Bertz CT molecular complexity index is 285. The molecule has 18 heavy (non-hydrogen) atoms. The molecule has 3 nitrogen and oxygen atoms in total. The number of esters is 1. The fourth-order valence-electron chi connectivity index (χ4n) is 2.93. The van der Waals surface area contributed by atoms with Crippen molar-refractivity contribution in [2.45, 2.75) is 59.3 Å². The third-order valence-corrected chi connectivity index (χ3v) is 4.09. The van der Waals surface area contributed by atoms with E-state index in [1.807, 2.05) is 6.92 Å². The molecule has 0 aromatic rings. The van der Waals surface area contributed by atoms with E-state index < -0.39 is 5.92 Å². The van der Waals surface area contributed by atoms with Crippen molar-refractivity contribution in [1.29, 1.82) is 0 Å². The average Bonchev–Trinajstić information content (AvgIpc) is 2.40. The Morgan fingerprint density at radius 3 is 2.50 bits per heavy atom. The lowest BCUT2D eigenvalue weighted by Gasteiger charge is -2.29. The van der Waals surface area contributed by atoms with Crippen LogP contribution >= 0.6 is 0 Å². The van der Waals surface area contributed by atoms with Crippen LogP contribution in [0.4, 0.5) is 0 Å². The Morgan fingerprint density at radius 2 is 1.94 bits per heavy atom. The van der Waals surface area contributed by atoms with Gasteiger partial charge >= 0.3 is 5.97 Å². The highest BCUT2D eigenvalue weighted by Gasteiger charge is 2.34. The van der Waals surface area contributed by atoms with Crippen molar-refractivity contribution in [2.75, 3.05) is 6.61 Å². The molecule has 3 unspecified atom stereocenters. The molecule has 104 valence electrons. The zero-order chi connectivity index (χ0) is 13.5. The topological polar surface area (TPSA) is 43.4 Å². The van der Waals surface area contributed by atoms with Gasteiger partial charge in [0.25, 0.3) is 0 Å². The van der Waals surface area contributed by atoms with Gasteiger partial charge in [0.05, 0.1) is 6.61 Å². The first-order chi connectivity index (χ1) is 8.63. The Labute approximate surface area is 110 Å². The number of carbonyl (C=O) groups is 2. The van der Waals surface area contributed by atoms with Gasteiger partial charge in [-0.1, -0.05) is 33.1 Å². The zero-order valence-corrected chi connectivity index (χ0v) is 11.9. The largest absolute Gasteiger partial charge is 0.465 e. The average molecular weight is 254 g/mol. The van der Waals surface area contributed by atoms with Crippen LogP contribution in [0, 0.1) is 17.8 Å². The van der Waals surface area contributed by atoms with Crippen LogP contribution in [-0.4, -0.2) is 18.4 Å². The second-order valence-corrected chi connectivity index (χ2v) is 5.25. The van der Waals surface area contributed by atoms with E-state index in [1.54, 1.807) is 6.92 Å². The van der Waals surface area contributed by atoms with Crippen molar-refractivity contribution in [2.24, 2.45) is 17.8 Å². The number of Topliss-reactive ketones (excluding diaryl/α,β-unsaturated/α-hetero) is 1. The predicted molar refractivity (Wildman–Crippen MR) is 71.2 cm³/mol. The summed E-state index contributed by atoms with van der Waals surface area (Å²) in [5, 5.41) is 0. The van der Waals surface area contributed by atoms with Gasteiger partial charge in [-0.2, -0.15) is 0 Å². The van der Waals surface area contributed by atoms with Crippen molar-refractivity contribution >= 4 is 11.8 Å². The molecule has 3 heteroatoms. The molecule has 0 bridgehead atoms. The van der Waals surface area contributed by atoms with E-state index in [1.165, 1.54) is 6.42 Å². The fourth-order valence-corrected chi connectivity index (χ4v) is 2.93. The van der Waals surface area contributed by atoms with Gasteiger partial charge in [-0.05, 0) is 32.1 Å². The Hall–Kier alpha value is -0.860. The van der Waals surface area contributed by atoms with Gasteiger partial charge in [0.2, 0.25) is 0 Å². The summed E-state index contributed by atoms with van der Waals surface area (Å²) in [6, 6.07) is 0. The summed E-state index contributed by atoms with van der Waals surface area (Å²) in [7, 11) is 0. The maximum absolute atomic E-state index is 12.4. The van der Waals surface area contributed by atoms with Crippen LogP contribution in [0.3, 0.4) is 0 Å². The monoisotopic (exact) mass is 254 g/mol. The van der Waals surface area contributed by atoms with Crippen molar-refractivity contribution in [3.05, 3.63) is 0 Å². The molecule has 0 amide bonds. The molecule has 0 N–H and O–H groups in total. The highest BCUT2D eigenvalue weighted by Crippen LogP contribution is 2.33. The molecule has 0 spiro atoms. The Balaban J connectivity index is 2.62. The fraction of sp³-hybridized carbons (Fsp3) is 0.867. The van der Waals surface area contributed by atoms with Crippen LogP contribution in [0.5, 0.6) is 0 Å². The molecular weight excluding hydrogens is 228 g/mol. The lowest BCUT2D eigenvalue weighted by atomic mass is 9.75. The summed E-state index contributed by atoms with van der Waals surface area (Å²) in [6.07, 6.45) is 5.96. The molecule has 3 atom stereocenters. The summed E-state index contributed by atoms with van der Waals surface area (Å²) >= 11 is 0. The number of ether oxygens (including phenoxy) is 1. The number of carbonyl (C=O) groups excluding carboxylic acids is 2. The normalized spacial score (nSPS) is 25.5. The van der Waals surface area contributed by atoms with Gasteiger partial charge in [-0.15, -0.1) is 0 Å². The van der Waals surface area contributed by atoms with Gasteiger partial charge in [-0.25, -0.2) is 0 Å². The summed E-state index contributed by atoms with van der Waals surface area (Å²) in [5.74, 6) is -0.00580. The van der Waals surface area contributed by atoms with E-state index in [9.17, 15) is 9.59 Å². The van der Waals surface area contributed by atoms with E-state index in [4.69, 9.17) is 4.74 Å². The molecular formula is C15H26O3. The molecule has 1 saturated carbocycles. The van der Waals surface area contributed by atoms with Crippen LogP contribution in [0.25, 0.3) is 0 Å². The number of rotatable bonds is 6. The molecule has 0 heterocycles. The van der Waals surface area contributed by atoms with E-state index in [2.05, 4.69) is 6.92 Å². The van der Waals surface area contributed by atoms with Gasteiger partial charge in [0.1, 0.15) is 11.7 Å². The molecule has 0 aromatic heterocycles.